The Morgan fingerprint density at radius 3 is 2.53 bits per heavy atom. The van der Waals surface area contributed by atoms with Gasteiger partial charge in [0.2, 0.25) is 0 Å². The zero-order valence-electron chi connectivity index (χ0n) is 20.9. The number of hydrogen-bond donors (Lipinski definition) is 0. The molecule has 0 fully saturated rings. The number of rotatable bonds is 5. The summed E-state index contributed by atoms with van der Waals surface area (Å²) >= 11 is 0. The van der Waals surface area contributed by atoms with Crippen LogP contribution in [0, 0.1) is 5.82 Å². The number of ether oxygens (including phenoxy) is 2. The summed E-state index contributed by atoms with van der Waals surface area (Å²) in [5.41, 5.74) is 4.56. The van der Waals surface area contributed by atoms with E-state index in [1.807, 2.05) is 42.5 Å². The Morgan fingerprint density at radius 2 is 1.76 bits per heavy atom. The fourth-order valence-electron chi connectivity index (χ4n) is 5.31. The van der Waals surface area contributed by atoms with Gasteiger partial charge in [-0.1, -0.05) is 29.5 Å². The maximum atomic E-state index is 14.6. The van der Waals surface area contributed by atoms with Gasteiger partial charge in [-0.3, -0.25) is 0 Å². The smallest absolute Gasteiger partial charge is 0.286 e. The van der Waals surface area contributed by atoms with E-state index in [0.717, 1.165) is 28.5 Å². The van der Waals surface area contributed by atoms with Gasteiger partial charge in [0.15, 0.2) is 0 Å². The van der Waals surface area contributed by atoms with Crippen molar-refractivity contribution in [2.75, 3.05) is 25.7 Å². The van der Waals surface area contributed by atoms with E-state index in [0.29, 0.717) is 41.2 Å². The minimum absolute atomic E-state index is 0.388. The molecule has 0 saturated carbocycles. The van der Waals surface area contributed by atoms with Crippen LogP contribution >= 0.6 is 0 Å². The van der Waals surface area contributed by atoms with Crippen LogP contribution in [0.4, 0.5) is 18.9 Å². The number of anilines is 1. The number of nitrogens with zero attached hydrogens (tertiary/aromatic N) is 4. The minimum atomic E-state index is -3.03. The number of aromatic nitrogens is 3. The molecule has 0 radical (unpaired) electrons. The molecule has 0 saturated heterocycles. The number of benzene rings is 3. The molecule has 38 heavy (non-hydrogen) atoms. The van der Waals surface area contributed by atoms with Crippen LogP contribution in [0.3, 0.4) is 0 Å². The monoisotopic (exact) mass is 518 g/mol. The largest absolute Gasteiger partial charge is 0.497 e. The molecule has 0 amide bonds. The van der Waals surface area contributed by atoms with Crippen LogP contribution in [0.15, 0.2) is 78.6 Å². The summed E-state index contributed by atoms with van der Waals surface area (Å²) in [7, 11) is 3.22. The third-order valence-electron chi connectivity index (χ3n) is 7.16. The van der Waals surface area contributed by atoms with Gasteiger partial charge in [-0.15, -0.1) is 5.10 Å². The molecule has 1 aromatic heterocycles. The van der Waals surface area contributed by atoms with Crippen LogP contribution in [0.1, 0.15) is 18.0 Å². The average molecular weight is 519 g/mol. The van der Waals surface area contributed by atoms with Crippen molar-refractivity contribution < 1.29 is 22.6 Å². The van der Waals surface area contributed by atoms with E-state index < -0.39 is 18.5 Å². The van der Waals surface area contributed by atoms with E-state index in [9.17, 15) is 13.2 Å². The lowest BCUT2D eigenvalue weighted by molar-refractivity contribution is 0.0728. The molecule has 0 aliphatic carbocycles. The predicted octanol–water partition coefficient (Wildman–Crippen LogP) is 6.30. The number of methoxy groups -OCH3 is 2. The van der Waals surface area contributed by atoms with E-state index in [1.54, 1.807) is 37.2 Å². The fourth-order valence-corrected chi connectivity index (χ4v) is 5.31. The van der Waals surface area contributed by atoms with Crippen molar-refractivity contribution in [1.82, 2.24) is 15.0 Å². The lowest BCUT2D eigenvalue weighted by Crippen LogP contribution is -2.29. The molecule has 3 heterocycles. The van der Waals surface area contributed by atoms with E-state index in [2.05, 4.69) is 10.3 Å². The number of halogens is 3. The lowest BCUT2D eigenvalue weighted by Gasteiger charge is -2.26. The van der Waals surface area contributed by atoms with Gasteiger partial charge in [-0.2, -0.15) is 8.78 Å². The van der Waals surface area contributed by atoms with Crippen molar-refractivity contribution in [3.8, 4) is 33.9 Å². The topological polar surface area (TPSA) is 52.4 Å². The first-order valence-corrected chi connectivity index (χ1v) is 12.3. The number of hydrogen-bond acceptors (Lipinski definition) is 5. The van der Waals surface area contributed by atoms with Crippen LogP contribution < -0.4 is 14.4 Å². The molecular formula is C29H25F3N4O2. The van der Waals surface area contributed by atoms with E-state index in [1.165, 1.54) is 11.0 Å². The normalized spacial score (nSPS) is 17.9. The maximum absolute atomic E-state index is 14.6. The first kappa shape index (κ1) is 24.1. The number of fused-ring (bicyclic) bond motifs is 3. The van der Waals surface area contributed by atoms with Gasteiger partial charge in [-0.25, -0.2) is 9.07 Å². The van der Waals surface area contributed by atoms with Crippen LogP contribution in [0.5, 0.6) is 11.5 Å². The maximum Gasteiger partial charge on any atom is 0.286 e. The Labute approximate surface area is 217 Å². The highest BCUT2D eigenvalue weighted by Gasteiger charge is 2.43. The molecule has 2 aliphatic heterocycles. The molecule has 1 atom stereocenters. The fraction of sp³-hybridized carbons (Fsp3) is 0.241. The van der Waals surface area contributed by atoms with Crippen LogP contribution in [-0.4, -0.2) is 41.7 Å². The zero-order valence-corrected chi connectivity index (χ0v) is 20.9. The molecule has 6 rings (SSSR count). The average Bonchev–Trinajstić information content (AvgIpc) is 3.50. The van der Waals surface area contributed by atoms with Gasteiger partial charge < -0.3 is 14.4 Å². The van der Waals surface area contributed by atoms with Crippen LogP contribution in [0.25, 0.3) is 22.4 Å². The van der Waals surface area contributed by atoms with E-state index in [4.69, 9.17) is 9.47 Å². The first-order valence-electron chi connectivity index (χ1n) is 12.3. The van der Waals surface area contributed by atoms with Gasteiger partial charge in [0, 0.05) is 34.2 Å². The highest BCUT2D eigenvalue weighted by Crippen LogP contribution is 2.44. The molecule has 194 valence electrons. The minimum Gasteiger partial charge on any atom is -0.497 e. The van der Waals surface area contributed by atoms with Crippen molar-refractivity contribution in [3.05, 3.63) is 90.0 Å². The highest BCUT2D eigenvalue weighted by molar-refractivity contribution is 5.75. The Hall–Kier alpha value is -4.27. The van der Waals surface area contributed by atoms with Gasteiger partial charge >= 0.3 is 0 Å². The lowest BCUT2D eigenvalue weighted by atomic mass is 10.0. The van der Waals surface area contributed by atoms with Crippen LogP contribution in [0.2, 0.25) is 0 Å². The quantitative estimate of drug-likeness (QED) is 0.311. The third-order valence-corrected chi connectivity index (χ3v) is 7.16. The Bertz CT molecular complexity index is 1530. The molecule has 0 bridgehead atoms. The first-order chi connectivity index (χ1) is 18.4. The summed E-state index contributed by atoms with van der Waals surface area (Å²) in [5, 5.41) is 8.66. The molecule has 9 heteroatoms. The van der Waals surface area contributed by atoms with Gasteiger partial charge in [-0.05, 0) is 54.8 Å². The van der Waals surface area contributed by atoms with Gasteiger partial charge in [0.1, 0.15) is 23.0 Å². The Kier molecular flexibility index (Phi) is 5.86. The second-order valence-electron chi connectivity index (χ2n) is 9.44. The molecule has 0 spiro atoms. The van der Waals surface area contributed by atoms with E-state index >= 15 is 0 Å². The zero-order chi connectivity index (χ0) is 26.4. The molecule has 4 aromatic rings. The van der Waals surface area contributed by atoms with Gasteiger partial charge in [0.05, 0.1) is 33.0 Å². The summed E-state index contributed by atoms with van der Waals surface area (Å²) in [4.78, 5) is 1.52. The highest BCUT2D eigenvalue weighted by atomic mass is 19.3. The second kappa shape index (κ2) is 9.24. The molecular weight excluding hydrogens is 493 g/mol. The number of allylic oxidation sites excluding steroid dienone is 1. The Balaban J connectivity index is 1.34. The standard InChI is InChI=1S/C29H25F3N4O2/c1-37-20-9-6-18(7-10-20)21-11-8-19(14-28(21)38-2)24-16-36(34-33-24)26-13-12-22-23(30)4-3-5-25(22)35-17-29(31,32)15-27(26)35/h3-11,14-16,26H,12-13,17H2,1-2H3. The SMILES string of the molecule is COc1ccc(-c2ccc(-c3cn(C4CCc5c(F)cccc5N5CC(F)(F)C=C45)nn3)cc2OC)cc1. The van der Waals surface area contributed by atoms with Crippen molar-refractivity contribution >= 4 is 5.69 Å². The summed E-state index contributed by atoms with van der Waals surface area (Å²) < 4.78 is 56.3. The van der Waals surface area contributed by atoms with Crippen molar-refractivity contribution in [1.29, 1.82) is 0 Å². The van der Waals surface area contributed by atoms with Crippen molar-refractivity contribution in [3.63, 3.8) is 0 Å². The summed E-state index contributed by atoms with van der Waals surface area (Å²) in [6.07, 6.45) is 3.53. The molecule has 1 unspecified atom stereocenters. The number of alkyl halides is 2. The molecule has 6 nitrogen and oxygen atoms in total. The third kappa shape index (κ3) is 4.17. The summed E-state index contributed by atoms with van der Waals surface area (Å²) in [6, 6.07) is 17.5. The Morgan fingerprint density at radius 1 is 0.974 bits per heavy atom. The van der Waals surface area contributed by atoms with Crippen molar-refractivity contribution in [2.45, 2.75) is 24.8 Å². The summed E-state index contributed by atoms with van der Waals surface area (Å²) in [5.74, 6) is -1.99. The molecule has 0 N–H and O–H groups in total. The van der Waals surface area contributed by atoms with E-state index in [-0.39, 0.29) is 5.82 Å². The molecule has 3 aromatic carbocycles. The summed E-state index contributed by atoms with van der Waals surface area (Å²) in [6.45, 7) is -0.527. The van der Waals surface area contributed by atoms with Crippen molar-refractivity contribution in [2.24, 2.45) is 0 Å². The molecule has 2 aliphatic rings. The van der Waals surface area contributed by atoms with Crippen LogP contribution in [-0.2, 0) is 6.42 Å². The second-order valence-corrected chi connectivity index (χ2v) is 9.44. The van der Waals surface area contributed by atoms with Gasteiger partial charge in [0.25, 0.3) is 5.92 Å². The predicted molar refractivity (Wildman–Crippen MR) is 138 cm³/mol.